The number of benzene rings is 1. The van der Waals surface area contributed by atoms with Crippen molar-refractivity contribution in [3.63, 3.8) is 0 Å². The second kappa shape index (κ2) is 9.04. The number of anilines is 2. The van der Waals surface area contributed by atoms with Gasteiger partial charge in [-0.15, -0.1) is 10.2 Å². The number of carbonyl (C=O) groups excluding carboxylic acids is 1. The second-order valence-corrected chi connectivity index (χ2v) is 7.01. The molecule has 0 atom stereocenters. The maximum Gasteiger partial charge on any atom is 0.490 e. The summed E-state index contributed by atoms with van der Waals surface area (Å²) < 4.78 is 33.7. The molecule has 0 radical (unpaired) electrons. The number of halogens is 3. The first-order chi connectivity index (χ1) is 15.1. The minimum atomic E-state index is -5.08. The molecule has 0 bridgehead atoms. The lowest BCUT2D eigenvalue weighted by Gasteiger charge is -2.12. The van der Waals surface area contributed by atoms with Crippen molar-refractivity contribution in [1.82, 2.24) is 25.1 Å². The van der Waals surface area contributed by atoms with Gasteiger partial charge in [0, 0.05) is 12.6 Å². The average molecular weight is 448 g/mol. The first kappa shape index (κ1) is 22.7. The molecule has 0 aliphatic carbocycles. The lowest BCUT2D eigenvalue weighted by atomic mass is 10.1. The molecular formula is C20H19F3N6O3. The van der Waals surface area contributed by atoms with Gasteiger partial charge in [-0.1, -0.05) is 18.2 Å². The van der Waals surface area contributed by atoms with Crippen LogP contribution < -0.4 is 10.6 Å². The normalized spacial score (nSPS) is 12.6. The van der Waals surface area contributed by atoms with Crippen molar-refractivity contribution in [1.29, 1.82) is 0 Å². The Kier molecular flexibility index (Phi) is 6.42. The van der Waals surface area contributed by atoms with E-state index in [9.17, 15) is 18.0 Å². The van der Waals surface area contributed by atoms with Gasteiger partial charge in [-0.25, -0.2) is 9.78 Å². The monoisotopic (exact) mass is 448 g/mol. The van der Waals surface area contributed by atoms with Crippen LogP contribution in [-0.4, -0.2) is 42.9 Å². The van der Waals surface area contributed by atoms with Crippen molar-refractivity contribution in [3.8, 4) is 11.5 Å². The minimum Gasteiger partial charge on any atom is -0.475 e. The highest BCUT2D eigenvalue weighted by molar-refractivity contribution is 6.04. The Hall–Kier alpha value is -3.96. The Morgan fingerprint density at radius 1 is 1.22 bits per heavy atom. The van der Waals surface area contributed by atoms with Crippen LogP contribution in [-0.2, 0) is 11.3 Å². The Bertz CT molecular complexity index is 1140. The summed E-state index contributed by atoms with van der Waals surface area (Å²) in [5, 5.41) is 21.4. The molecule has 0 saturated heterocycles. The van der Waals surface area contributed by atoms with Crippen LogP contribution in [0.15, 0.2) is 42.7 Å². The van der Waals surface area contributed by atoms with Gasteiger partial charge >= 0.3 is 12.1 Å². The lowest BCUT2D eigenvalue weighted by molar-refractivity contribution is -0.192. The van der Waals surface area contributed by atoms with E-state index in [0.717, 1.165) is 22.8 Å². The second-order valence-electron chi connectivity index (χ2n) is 7.01. The van der Waals surface area contributed by atoms with Crippen molar-refractivity contribution in [2.45, 2.75) is 32.6 Å². The summed E-state index contributed by atoms with van der Waals surface area (Å²) in [7, 11) is 0. The zero-order valence-corrected chi connectivity index (χ0v) is 17.0. The number of fused-ring (bicyclic) bond motifs is 1. The summed E-state index contributed by atoms with van der Waals surface area (Å²) in [6, 6.07) is 11.7. The van der Waals surface area contributed by atoms with E-state index in [1.807, 2.05) is 41.0 Å². The minimum absolute atomic E-state index is 0.0613. The number of rotatable bonds is 4. The number of alkyl halides is 3. The zero-order valence-electron chi connectivity index (χ0n) is 17.0. The molecule has 4 rings (SSSR count). The molecule has 1 aromatic carbocycles. The Labute approximate surface area is 180 Å². The van der Waals surface area contributed by atoms with Gasteiger partial charge in [-0.05, 0) is 37.6 Å². The number of carboxylic acid groups (broad SMARTS) is 1. The number of aromatic nitrogens is 4. The predicted octanol–water partition coefficient (Wildman–Crippen LogP) is 3.54. The van der Waals surface area contributed by atoms with Crippen molar-refractivity contribution >= 4 is 23.4 Å². The molecule has 1 aliphatic rings. The third-order valence-corrected chi connectivity index (χ3v) is 4.43. The highest BCUT2D eigenvalue weighted by atomic mass is 19.4. The SMILES string of the molecule is CC(C)n1cnnc1-c1cccc(Nc2cccc3c2C(=O)NC3)n1.O=C(O)C(F)(F)F. The molecule has 2 aromatic heterocycles. The van der Waals surface area contributed by atoms with Gasteiger partial charge in [0.05, 0.1) is 11.3 Å². The van der Waals surface area contributed by atoms with Crippen molar-refractivity contribution in [3.05, 3.63) is 53.9 Å². The molecule has 3 heterocycles. The van der Waals surface area contributed by atoms with Crippen LogP contribution in [0.2, 0.25) is 0 Å². The number of amides is 1. The Morgan fingerprint density at radius 2 is 1.91 bits per heavy atom. The molecule has 168 valence electrons. The lowest BCUT2D eigenvalue weighted by Crippen LogP contribution is -2.21. The van der Waals surface area contributed by atoms with E-state index in [0.29, 0.717) is 17.9 Å². The van der Waals surface area contributed by atoms with Gasteiger partial charge < -0.3 is 20.3 Å². The van der Waals surface area contributed by atoms with Crippen LogP contribution in [0.4, 0.5) is 24.7 Å². The molecule has 1 amide bonds. The topological polar surface area (TPSA) is 122 Å². The van der Waals surface area contributed by atoms with Crippen LogP contribution in [0.5, 0.6) is 0 Å². The fraction of sp³-hybridized carbons (Fsp3) is 0.250. The van der Waals surface area contributed by atoms with E-state index in [2.05, 4.69) is 39.7 Å². The van der Waals surface area contributed by atoms with E-state index in [1.54, 1.807) is 6.33 Å². The number of carbonyl (C=O) groups is 2. The standard InChI is InChI=1S/C18H18N6O.C2HF3O2/c1-11(2)24-10-20-23-17(24)14-7-4-8-15(22-14)21-13-6-3-5-12-9-19-18(25)16(12)13;3-2(4,5)1(6)7/h3-8,10-11H,9H2,1-2H3,(H,19,25)(H,21,22);(H,6,7). The first-order valence-corrected chi connectivity index (χ1v) is 9.42. The number of nitrogens with one attached hydrogen (secondary N) is 2. The van der Waals surface area contributed by atoms with Gasteiger partial charge in [-0.2, -0.15) is 13.2 Å². The fourth-order valence-corrected chi connectivity index (χ4v) is 2.95. The van der Waals surface area contributed by atoms with E-state index in [1.165, 1.54) is 0 Å². The van der Waals surface area contributed by atoms with Crippen molar-refractivity contribution in [2.75, 3.05) is 5.32 Å². The maximum absolute atomic E-state index is 12.1. The number of aliphatic carboxylic acids is 1. The van der Waals surface area contributed by atoms with E-state index < -0.39 is 12.1 Å². The summed E-state index contributed by atoms with van der Waals surface area (Å²) in [5.41, 5.74) is 3.15. The van der Waals surface area contributed by atoms with E-state index >= 15 is 0 Å². The Morgan fingerprint density at radius 3 is 2.56 bits per heavy atom. The van der Waals surface area contributed by atoms with Crippen LogP contribution in [0.3, 0.4) is 0 Å². The molecule has 0 spiro atoms. The van der Waals surface area contributed by atoms with Gasteiger partial charge in [0.1, 0.15) is 17.8 Å². The average Bonchev–Trinajstić information content (AvgIpc) is 3.36. The van der Waals surface area contributed by atoms with Crippen LogP contribution >= 0.6 is 0 Å². The number of carboxylic acids is 1. The number of pyridine rings is 1. The quantitative estimate of drug-likeness (QED) is 0.558. The molecule has 32 heavy (non-hydrogen) atoms. The summed E-state index contributed by atoms with van der Waals surface area (Å²) in [4.78, 5) is 25.6. The summed E-state index contributed by atoms with van der Waals surface area (Å²) in [6.45, 7) is 4.70. The molecule has 12 heteroatoms. The third-order valence-electron chi connectivity index (χ3n) is 4.43. The number of hydrogen-bond acceptors (Lipinski definition) is 6. The number of hydrogen-bond donors (Lipinski definition) is 3. The summed E-state index contributed by atoms with van der Waals surface area (Å²) in [5.74, 6) is -1.44. The predicted molar refractivity (Wildman–Crippen MR) is 108 cm³/mol. The maximum atomic E-state index is 12.1. The molecule has 3 N–H and O–H groups in total. The molecule has 3 aromatic rings. The van der Waals surface area contributed by atoms with Crippen molar-refractivity contribution in [2.24, 2.45) is 0 Å². The van der Waals surface area contributed by atoms with Gasteiger partial charge in [0.25, 0.3) is 5.91 Å². The summed E-state index contributed by atoms with van der Waals surface area (Å²) >= 11 is 0. The molecule has 9 nitrogen and oxygen atoms in total. The van der Waals surface area contributed by atoms with Gasteiger partial charge in [0.15, 0.2) is 5.82 Å². The molecule has 0 unspecified atom stereocenters. The van der Waals surface area contributed by atoms with E-state index in [-0.39, 0.29) is 11.9 Å². The summed E-state index contributed by atoms with van der Waals surface area (Å²) in [6.07, 6.45) is -3.38. The molecule has 0 fully saturated rings. The van der Waals surface area contributed by atoms with Crippen LogP contribution in [0.1, 0.15) is 35.8 Å². The van der Waals surface area contributed by atoms with E-state index in [4.69, 9.17) is 9.90 Å². The van der Waals surface area contributed by atoms with Crippen LogP contribution in [0, 0.1) is 0 Å². The Balaban J connectivity index is 0.000000360. The largest absolute Gasteiger partial charge is 0.490 e. The molecular weight excluding hydrogens is 429 g/mol. The van der Waals surface area contributed by atoms with Gasteiger partial charge in [0.2, 0.25) is 0 Å². The smallest absolute Gasteiger partial charge is 0.475 e. The zero-order chi connectivity index (χ0) is 23.5. The van der Waals surface area contributed by atoms with Gasteiger partial charge in [-0.3, -0.25) is 4.79 Å². The van der Waals surface area contributed by atoms with Crippen LogP contribution in [0.25, 0.3) is 11.5 Å². The molecule has 0 saturated carbocycles. The molecule has 1 aliphatic heterocycles. The first-order valence-electron chi connectivity index (χ1n) is 9.42. The van der Waals surface area contributed by atoms with Crippen molar-refractivity contribution < 1.29 is 27.9 Å². The fourth-order valence-electron chi connectivity index (χ4n) is 2.95. The third kappa shape index (κ3) is 5.02. The number of nitrogens with zero attached hydrogens (tertiary/aromatic N) is 4. The highest BCUT2D eigenvalue weighted by Gasteiger charge is 2.38. The highest BCUT2D eigenvalue weighted by Crippen LogP contribution is 2.27.